The van der Waals surface area contributed by atoms with Crippen LogP contribution in [0.4, 0.5) is 0 Å². The fourth-order valence-corrected chi connectivity index (χ4v) is 2.79. The monoisotopic (exact) mass is 316 g/mol. The summed E-state index contributed by atoms with van der Waals surface area (Å²) in [7, 11) is 0. The van der Waals surface area contributed by atoms with Crippen LogP contribution in [0.5, 0.6) is 0 Å². The summed E-state index contributed by atoms with van der Waals surface area (Å²) >= 11 is 12.0. The van der Waals surface area contributed by atoms with Gasteiger partial charge in [-0.2, -0.15) is 0 Å². The molecule has 0 amide bonds. The van der Waals surface area contributed by atoms with Crippen LogP contribution in [-0.4, -0.2) is 4.98 Å². The Morgan fingerprint density at radius 2 is 1.81 bits per heavy atom. The number of fused-ring (bicyclic) bond motifs is 1. The summed E-state index contributed by atoms with van der Waals surface area (Å²) in [6, 6.07) is 15.5. The molecule has 0 fully saturated rings. The zero-order valence-corrected chi connectivity index (χ0v) is 12.8. The molecule has 0 radical (unpaired) electrons. The van der Waals surface area contributed by atoms with Gasteiger partial charge in [0, 0.05) is 17.6 Å². The lowest BCUT2D eigenvalue weighted by molar-refractivity contribution is 0.727. The second-order valence-electron chi connectivity index (χ2n) is 4.98. The molecule has 1 heterocycles. The summed E-state index contributed by atoms with van der Waals surface area (Å²) in [4.78, 5) is 4.36. The van der Waals surface area contributed by atoms with Crippen LogP contribution >= 0.6 is 23.2 Å². The predicted molar refractivity (Wildman–Crippen MR) is 88.8 cm³/mol. The Morgan fingerprint density at radius 1 is 1.00 bits per heavy atom. The third-order valence-corrected chi connectivity index (χ3v) is 4.26. The highest BCUT2D eigenvalue weighted by atomic mass is 35.5. The van der Waals surface area contributed by atoms with E-state index >= 15 is 0 Å². The summed E-state index contributed by atoms with van der Waals surface area (Å²) in [5.41, 5.74) is 9.49. The first kappa shape index (κ1) is 14.3. The Morgan fingerprint density at radius 3 is 2.62 bits per heavy atom. The van der Waals surface area contributed by atoms with Gasteiger partial charge in [0.25, 0.3) is 0 Å². The van der Waals surface area contributed by atoms with Crippen molar-refractivity contribution in [3.8, 4) is 0 Å². The number of nitrogens with zero attached hydrogens (tertiary/aromatic N) is 1. The van der Waals surface area contributed by atoms with Gasteiger partial charge < -0.3 is 5.73 Å². The maximum Gasteiger partial charge on any atom is 0.0705 e. The van der Waals surface area contributed by atoms with Gasteiger partial charge in [0.05, 0.1) is 15.6 Å². The van der Waals surface area contributed by atoms with Crippen LogP contribution in [0, 0.1) is 0 Å². The van der Waals surface area contributed by atoms with Crippen LogP contribution in [-0.2, 0) is 6.42 Å². The lowest BCUT2D eigenvalue weighted by Gasteiger charge is -2.15. The molecular formula is C17H14Cl2N2. The summed E-state index contributed by atoms with van der Waals surface area (Å²) in [5.74, 6) is 0. The van der Waals surface area contributed by atoms with Crippen molar-refractivity contribution in [2.75, 3.05) is 0 Å². The molecule has 1 aromatic heterocycles. The molecule has 0 spiro atoms. The Balaban J connectivity index is 1.93. The first-order valence-electron chi connectivity index (χ1n) is 6.68. The number of benzene rings is 2. The molecule has 3 rings (SSSR count). The molecule has 0 bridgehead atoms. The number of hydrogen-bond acceptors (Lipinski definition) is 2. The van der Waals surface area contributed by atoms with E-state index in [-0.39, 0.29) is 6.04 Å². The van der Waals surface area contributed by atoms with Crippen molar-refractivity contribution in [3.63, 3.8) is 0 Å². The van der Waals surface area contributed by atoms with Gasteiger partial charge >= 0.3 is 0 Å². The molecule has 0 aliphatic heterocycles. The fraction of sp³-hybridized carbons (Fsp3) is 0.118. The van der Waals surface area contributed by atoms with Crippen LogP contribution < -0.4 is 5.73 Å². The number of nitrogens with two attached hydrogens (primary N) is 1. The zero-order chi connectivity index (χ0) is 14.8. The zero-order valence-electron chi connectivity index (χ0n) is 11.3. The number of rotatable bonds is 3. The van der Waals surface area contributed by atoms with Gasteiger partial charge in [-0.15, -0.1) is 0 Å². The average Bonchev–Trinajstić information content (AvgIpc) is 2.50. The number of hydrogen-bond donors (Lipinski definition) is 1. The molecule has 2 aromatic carbocycles. The van der Waals surface area contributed by atoms with Crippen molar-refractivity contribution in [1.82, 2.24) is 4.98 Å². The number of halogens is 2. The van der Waals surface area contributed by atoms with E-state index in [0.29, 0.717) is 16.5 Å². The van der Waals surface area contributed by atoms with Crippen LogP contribution in [0.15, 0.2) is 54.7 Å². The summed E-state index contributed by atoms with van der Waals surface area (Å²) < 4.78 is 0. The fourth-order valence-electron chi connectivity index (χ4n) is 2.47. The van der Waals surface area contributed by atoms with E-state index in [1.165, 1.54) is 0 Å². The van der Waals surface area contributed by atoms with E-state index in [1.807, 2.05) is 42.5 Å². The third-order valence-electron chi connectivity index (χ3n) is 3.52. The van der Waals surface area contributed by atoms with Gasteiger partial charge in [0.15, 0.2) is 0 Å². The van der Waals surface area contributed by atoms with E-state index in [2.05, 4.69) is 4.98 Å². The van der Waals surface area contributed by atoms with Gasteiger partial charge in [0.2, 0.25) is 0 Å². The van der Waals surface area contributed by atoms with Crippen LogP contribution in [0.2, 0.25) is 10.0 Å². The normalized spacial score (nSPS) is 12.5. The summed E-state index contributed by atoms with van der Waals surface area (Å²) in [5, 5.41) is 2.21. The molecule has 2 N–H and O–H groups in total. The minimum absolute atomic E-state index is 0.116. The Bertz CT molecular complexity index is 781. The van der Waals surface area contributed by atoms with Crippen molar-refractivity contribution in [2.45, 2.75) is 12.5 Å². The molecule has 21 heavy (non-hydrogen) atoms. The van der Waals surface area contributed by atoms with Crippen molar-refractivity contribution in [3.05, 3.63) is 75.9 Å². The van der Waals surface area contributed by atoms with E-state index < -0.39 is 0 Å². The SMILES string of the molecule is NC(Cc1ccc(Cl)c(Cl)c1)c1ccnc2ccccc12. The predicted octanol–water partition coefficient (Wildman–Crippen LogP) is 4.78. The molecule has 1 unspecified atom stereocenters. The van der Waals surface area contributed by atoms with Crippen molar-refractivity contribution < 1.29 is 0 Å². The van der Waals surface area contributed by atoms with Gasteiger partial charge in [0.1, 0.15) is 0 Å². The van der Waals surface area contributed by atoms with E-state index in [9.17, 15) is 0 Å². The molecule has 106 valence electrons. The molecular weight excluding hydrogens is 303 g/mol. The van der Waals surface area contributed by atoms with Crippen molar-refractivity contribution in [2.24, 2.45) is 5.73 Å². The highest BCUT2D eigenvalue weighted by Gasteiger charge is 2.11. The number of para-hydroxylation sites is 1. The van der Waals surface area contributed by atoms with E-state index in [1.54, 1.807) is 12.3 Å². The minimum Gasteiger partial charge on any atom is -0.324 e. The first-order valence-corrected chi connectivity index (χ1v) is 7.44. The molecule has 1 atom stereocenters. The van der Waals surface area contributed by atoms with Crippen LogP contribution in [0.25, 0.3) is 10.9 Å². The maximum atomic E-state index is 6.38. The van der Waals surface area contributed by atoms with Gasteiger partial charge in [-0.3, -0.25) is 4.98 Å². The largest absolute Gasteiger partial charge is 0.324 e. The van der Waals surface area contributed by atoms with Crippen molar-refractivity contribution in [1.29, 1.82) is 0 Å². The quantitative estimate of drug-likeness (QED) is 0.755. The van der Waals surface area contributed by atoms with Gasteiger partial charge in [-0.05, 0) is 41.8 Å². The Hall–Kier alpha value is -1.61. The first-order chi connectivity index (χ1) is 10.1. The lowest BCUT2D eigenvalue weighted by Crippen LogP contribution is -2.14. The summed E-state index contributed by atoms with van der Waals surface area (Å²) in [6.07, 6.45) is 2.50. The Kier molecular flexibility index (Phi) is 4.11. The van der Waals surface area contributed by atoms with Crippen LogP contribution in [0.3, 0.4) is 0 Å². The molecule has 0 saturated carbocycles. The third kappa shape index (κ3) is 3.03. The Labute approximate surface area is 133 Å². The maximum absolute atomic E-state index is 6.38. The molecule has 0 saturated heterocycles. The van der Waals surface area contributed by atoms with E-state index in [4.69, 9.17) is 28.9 Å². The van der Waals surface area contributed by atoms with Crippen molar-refractivity contribution >= 4 is 34.1 Å². The smallest absolute Gasteiger partial charge is 0.0705 e. The summed E-state index contributed by atoms with van der Waals surface area (Å²) in [6.45, 7) is 0. The van der Waals surface area contributed by atoms with Crippen LogP contribution in [0.1, 0.15) is 17.2 Å². The average molecular weight is 317 g/mol. The highest BCUT2D eigenvalue weighted by molar-refractivity contribution is 6.42. The minimum atomic E-state index is -0.116. The van der Waals surface area contributed by atoms with Gasteiger partial charge in [-0.1, -0.05) is 47.5 Å². The molecule has 0 aliphatic rings. The number of pyridine rings is 1. The standard InChI is InChI=1S/C17H14Cl2N2/c18-14-6-5-11(9-15(14)19)10-16(20)12-7-8-21-17-4-2-1-3-13(12)17/h1-9,16H,10,20H2. The molecule has 3 aromatic rings. The highest BCUT2D eigenvalue weighted by Crippen LogP contribution is 2.27. The topological polar surface area (TPSA) is 38.9 Å². The second-order valence-corrected chi connectivity index (χ2v) is 5.79. The molecule has 4 heteroatoms. The second kappa shape index (κ2) is 6.02. The number of aromatic nitrogens is 1. The molecule has 2 nitrogen and oxygen atoms in total. The van der Waals surface area contributed by atoms with E-state index in [0.717, 1.165) is 22.0 Å². The lowest BCUT2D eigenvalue weighted by atomic mass is 9.97. The van der Waals surface area contributed by atoms with Gasteiger partial charge in [-0.25, -0.2) is 0 Å². The molecule has 0 aliphatic carbocycles.